The lowest BCUT2D eigenvalue weighted by molar-refractivity contribution is -0.148. The van der Waals surface area contributed by atoms with E-state index in [1.54, 1.807) is 4.90 Å². The van der Waals surface area contributed by atoms with Gasteiger partial charge >= 0.3 is 0 Å². The number of hydrogen-bond acceptors (Lipinski definition) is 5. The highest BCUT2D eigenvalue weighted by Crippen LogP contribution is 2.32. The number of nitrogens with zero attached hydrogens (tertiary/aromatic N) is 1. The molecule has 110 valence electrons. The molecule has 1 aliphatic heterocycles. The summed E-state index contributed by atoms with van der Waals surface area (Å²) in [6.45, 7) is 3.46. The third-order valence-electron chi connectivity index (χ3n) is 3.62. The van der Waals surface area contributed by atoms with Crippen LogP contribution in [0.25, 0.3) is 0 Å². The summed E-state index contributed by atoms with van der Waals surface area (Å²) in [6.07, 6.45) is 2.65. The normalized spacial score (nSPS) is 31.3. The number of carbonyl (C=O) groups is 1. The average molecular weight is 291 g/mol. The fourth-order valence-electron chi connectivity index (χ4n) is 2.92. The predicted octanol–water partition coefficient (Wildman–Crippen LogP) is -0.174. The van der Waals surface area contributed by atoms with E-state index in [4.69, 9.17) is 9.47 Å². The molecule has 1 aliphatic carbocycles. The number of amides is 1. The van der Waals surface area contributed by atoms with E-state index in [1.165, 1.54) is 0 Å². The maximum Gasteiger partial charge on any atom is 0.238 e. The van der Waals surface area contributed by atoms with Crippen molar-refractivity contribution in [1.82, 2.24) is 4.90 Å². The van der Waals surface area contributed by atoms with Crippen molar-refractivity contribution in [2.45, 2.75) is 38.0 Å². The van der Waals surface area contributed by atoms with Crippen molar-refractivity contribution in [2.75, 3.05) is 31.8 Å². The van der Waals surface area contributed by atoms with Gasteiger partial charge in [-0.2, -0.15) is 0 Å². The third kappa shape index (κ3) is 3.46. The van der Waals surface area contributed by atoms with Crippen molar-refractivity contribution in [1.29, 1.82) is 0 Å². The van der Waals surface area contributed by atoms with Crippen molar-refractivity contribution in [3.8, 4) is 0 Å². The van der Waals surface area contributed by atoms with Crippen LogP contribution in [0.4, 0.5) is 0 Å². The molecule has 0 aromatic carbocycles. The zero-order valence-electron chi connectivity index (χ0n) is 11.4. The molecule has 0 aromatic rings. The number of carbonyl (C=O) groups excluding carboxylic acids is 1. The molecule has 0 spiro atoms. The summed E-state index contributed by atoms with van der Waals surface area (Å²) in [7, 11) is -3.29. The van der Waals surface area contributed by atoms with Gasteiger partial charge in [-0.05, 0) is 19.8 Å². The number of sulfone groups is 1. The van der Waals surface area contributed by atoms with E-state index in [-0.39, 0.29) is 24.2 Å². The van der Waals surface area contributed by atoms with Gasteiger partial charge in [0.25, 0.3) is 0 Å². The van der Waals surface area contributed by atoms with Gasteiger partial charge in [-0.15, -0.1) is 0 Å². The molecule has 0 N–H and O–H groups in total. The van der Waals surface area contributed by atoms with E-state index >= 15 is 0 Å². The zero-order valence-corrected chi connectivity index (χ0v) is 12.2. The van der Waals surface area contributed by atoms with Gasteiger partial charge in [-0.1, -0.05) is 0 Å². The molecule has 6 nitrogen and oxygen atoms in total. The van der Waals surface area contributed by atoms with E-state index in [2.05, 4.69) is 0 Å². The van der Waals surface area contributed by atoms with Crippen LogP contribution in [0.1, 0.15) is 19.8 Å². The molecular weight excluding hydrogens is 270 g/mol. The Morgan fingerprint density at radius 3 is 2.79 bits per heavy atom. The van der Waals surface area contributed by atoms with Crippen LogP contribution in [0.5, 0.6) is 0 Å². The summed E-state index contributed by atoms with van der Waals surface area (Å²) < 4.78 is 33.8. The van der Waals surface area contributed by atoms with E-state index in [1.807, 2.05) is 6.92 Å². The van der Waals surface area contributed by atoms with Gasteiger partial charge in [-0.25, -0.2) is 8.42 Å². The first-order valence-corrected chi connectivity index (χ1v) is 8.69. The van der Waals surface area contributed by atoms with Crippen molar-refractivity contribution < 1.29 is 22.7 Å². The fourth-order valence-corrected chi connectivity index (χ4v) is 3.54. The molecule has 2 aliphatic rings. The predicted molar refractivity (Wildman–Crippen MR) is 69.6 cm³/mol. The zero-order chi connectivity index (χ0) is 14.0. The lowest BCUT2D eigenvalue weighted by atomic mass is 10.1. The summed E-state index contributed by atoms with van der Waals surface area (Å²) in [5, 5.41) is 0. The third-order valence-corrected chi connectivity index (χ3v) is 4.39. The Kier molecular flexibility index (Phi) is 4.47. The smallest absolute Gasteiger partial charge is 0.238 e. The van der Waals surface area contributed by atoms with Gasteiger partial charge in [0.05, 0.1) is 18.8 Å². The van der Waals surface area contributed by atoms with Gasteiger partial charge in [0, 0.05) is 19.4 Å². The summed E-state index contributed by atoms with van der Waals surface area (Å²) in [5.74, 6) is -0.742. The Balaban J connectivity index is 2.05. The molecule has 0 radical (unpaired) electrons. The van der Waals surface area contributed by atoms with Crippen LogP contribution in [0.2, 0.25) is 0 Å². The molecule has 0 aromatic heterocycles. The minimum atomic E-state index is -3.29. The Morgan fingerprint density at radius 2 is 2.16 bits per heavy atom. The van der Waals surface area contributed by atoms with Crippen molar-refractivity contribution in [3.63, 3.8) is 0 Å². The van der Waals surface area contributed by atoms with Crippen molar-refractivity contribution in [2.24, 2.45) is 0 Å². The molecule has 1 saturated heterocycles. The minimum Gasteiger partial charge on any atom is -0.376 e. The van der Waals surface area contributed by atoms with Crippen LogP contribution >= 0.6 is 0 Å². The van der Waals surface area contributed by atoms with Gasteiger partial charge in [-0.3, -0.25) is 4.79 Å². The molecule has 1 amide bonds. The Morgan fingerprint density at radius 1 is 1.42 bits per heavy atom. The number of ether oxygens (including phenoxy) is 2. The largest absolute Gasteiger partial charge is 0.376 e. The summed E-state index contributed by atoms with van der Waals surface area (Å²) in [4.78, 5) is 13.7. The average Bonchev–Trinajstić information content (AvgIpc) is 2.71. The van der Waals surface area contributed by atoms with Crippen LogP contribution in [0, 0.1) is 0 Å². The van der Waals surface area contributed by atoms with Crippen LogP contribution < -0.4 is 0 Å². The summed E-state index contributed by atoms with van der Waals surface area (Å²) in [6, 6.07) is -0.0421. The van der Waals surface area contributed by atoms with E-state index in [0.29, 0.717) is 19.8 Å². The lowest BCUT2D eigenvalue weighted by Crippen LogP contribution is -2.55. The molecule has 3 atom stereocenters. The first-order valence-electron chi connectivity index (χ1n) is 6.62. The highest BCUT2D eigenvalue weighted by atomic mass is 32.2. The summed E-state index contributed by atoms with van der Waals surface area (Å²) >= 11 is 0. The number of fused-ring (bicyclic) bond motifs is 1. The topological polar surface area (TPSA) is 72.9 Å². The molecule has 0 bridgehead atoms. The second-order valence-corrected chi connectivity index (χ2v) is 7.27. The van der Waals surface area contributed by atoms with Gasteiger partial charge in [0.15, 0.2) is 9.84 Å². The van der Waals surface area contributed by atoms with Gasteiger partial charge in [0.1, 0.15) is 11.9 Å². The second-order valence-electron chi connectivity index (χ2n) is 5.13. The SMILES string of the molecule is CCO[C@H]1CC[C@H]2[C@H]1OCCN2C(=O)CS(C)(=O)=O. The van der Waals surface area contributed by atoms with Crippen molar-refractivity contribution >= 4 is 15.7 Å². The first-order chi connectivity index (χ1) is 8.92. The molecule has 0 unspecified atom stereocenters. The van der Waals surface area contributed by atoms with E-state index < -0.39 is 15.6 Å². The minimum absolute atomic E-state index is 0.0174. The maximum atomic E-state index is 12.1. The van der Waals surface area contributed by atoms with Crippen LogP contribution in [0.3, 0.4) is 0 Å². The Bertz CT molecular complexity index is 435. The molecule has 2 fully saturated rings. The summed E-state index contributed by atoms with van der Waals surface area (Å²) in [5.41, 5.74) is 0. The maximum absolute atomic E-state index is 12.1. The Labute approximate surface area is 114 Å². The van der Waals surface area contributed by atoms with Gasteiger partial charge in [0.2, 0.25) is 5.91 Å². The quantitative estimate of drug-likeness (QED) is 0.719. The van der Waals surface area contributed by atoms with Crippen LogP contribution in [0.15, 0.2) is 0 Å². The highest BCUT2D eigenvalue weighted by molar-refractivity contribution is 7.91. The van der Waals surface area contributed by atoms with E-state index in [0.717, 1.165) is 19.1 Å². The lowest BCUT2D eigenvalue weighted by Gasteiger charge is -2.39. The molecule has 19 heavy (non-hydrogen) atoms. The standard InChI is InChI=1S/C12H21NO5S/c1-3-17-10-5-4-9-12(10)18-7-6-13(9)11(14)8-19(2,15)16/h9-10,12H,3-8H2,1-2H3/t9-,10-,12+/m0/s1. The molecule has 2 rings (SSSR count). The van der Waals surface area contributed by atoms with Crippen LogP contribution in [-0.4, -0.2) is 69.2 Å². The molecule has 1 heterocycles. The Hall–Kier alpha value is -0.660. The molecular formula is C12H21NO5S. The van der Waals surface area contributed by atoms with Crippen LogP contribution in [-0.2, 0) is 24.1 Å². The second kappa shape index (κ2) is 5.76. The van der Waals surface area contributed by atoms with Gasteiger partial charge < -0.3 is 14.4 Å². The van der Waals surface area contributed by atoms with E-state index in [9.17, 15) is 13.2 Å². The number of rotatable bonds is 4. The monoisotopic (exact) mass is 291 g/mol. The molecule has 1 saturated carbocycles. The number of hydrogen-bond donors (Lipinski definition) is 0. The fraction of sp³-hybridized carbons (Fsp3) is 0.917. The molecule has 7 heteroatoms. The highest BCUT2D eigenvalue weighted by Gasteiger charge is 2.45. The van der Waals surface area contributed by atoms with Crippen molar-refractivity contribution in [3.05, 3.63) is 0 Å². The number of morpholine rings is 1. The first kappa shape index (κ1) is 14.7.